The summed E-state index contributed by atoms with van der Waals surface area (Å²) >= 11 is 0. The zero-order valence-electron chi connectivity index (χ0n) is 19.9. The van der Waals surface area contributed by atoms with E-state index in [9.17, 15) is 4.79 Å². The van der Waals surface area contributed by atoms with E-state index in [2.05, 4.69) is 35.2 Å². The van der Waals surface area contributed by atoms with Crippen LogP contribution in [0.15, 0.2) is 60.7 Å². The summed E-state index contributed by atoms with van der Waals surface area (Å²) in [4.78, 5) is 35.7. The van der Waals surface area contributed by atoms with Crippen LogP contribution in [-0.2, 0) is 25.7 Å². The molecule has 1 amide bonds. The first-order chi connectivity index (χ1) is 16.3. The van der Waals surface area contributed by atoms with Gasteiger partial charge in [-0.15, -0.1) is 0 Å². The minimum absolute atomic E-state index is 0.169. The number of para-hydroxylation sites is 1. The number of nitrogens with zero attached hydrogens (tertiary/aromatic N) is 2. The summed E-state index contributed by atoms with van der Waals surface area (Å²) in [6.45, 7) is 8.09. The smallest absolute Gasteiger partial charge is 0.414 e. The molecule has 2 aromatic carbocycles. The molecule has 1 saturated heterocycles. The number of carboxylic acids is 2. The van der Waals surface area contributed by atoms with Gasteiger partial charge in [0.15, 0.2) is 0 Å². The van der Waals surface area contributed by atoms with Crippen molar-refractivity contribution in [3.63, 3.8) is 0 Å². The molecule has 1 heterocycles. The second kappa shape index (κ2) is 13.5. The molecule has 0 aromatic heterocycles. The molecule has 0 saturated carbocycles. The summed E-state index contributed by atoms with van der Waals surface area (Å²) in [6.07, 6.45) is 2.33. The molecule has 0 radical (unpaired) electrons. The van der Waals surface area contributed by atoms with E-state index in [0.717, 1.165) is 38.2 Å². The number of piperidine rings is 1. The molecule has 1 fully saturated rings. The number of benzene rings is 2. The number of hydrogen-bond acceptors (Lipinski definition) is 5. The molecule has 2 aromatic rings. The number of ether oxygens (including phenoxy) is 1. The fourth-order valence-electron chi connectivity index (χ4n) is 4.11. The Morgan fingerprint density at radius 2 is 1.44 bits per heavy atom. The van der Waals surface area contributed by atoms with Gasteiger partial charge in [-0.25, -0.2) is 9.59 Å². The average molecular weight is 471 g/mol. The van der Waals surface area contributed by atoms with E-state index in [1.165, 1.54) is 5.56 Å². The van der Waals surface area contributed by atoms with Gasteiger partial charge in [0, 0.05) is 38.3 Å². The van der Waals surface area contributed by atoms with E-state index in [4.69, 9.17) is 24.5 Å². The number of rotatable bonds is 8. The van der Waals surface area contributed by atoms with Gasteiger partial charge >= 0.3 is 11.9 Å². The third-order valence-electron chi connectivity index (χ3n) is 5.83. The second-order valence-corrected chi connectivity index (χ2v) is 8.15. The van der Waals surface area contributed by atoms with Crippen LogP contribution in [0.1, 0.15) is 38.7 Å². The van der Waals surface area contributed by atoms with Crippen molar-refractivity contribution in [2.24, 2.45) is 0 Å². The molecule has 1 aliphatic rings. The Morgan fingerprint density at radius 3 is 1.91 bits per heavy atom. The Kier molecular flexibility index (Phi) is 10.7. The molecular weight excluding hydrogens is 436 g/mol. The molecule has 3 rings (SSSR count). The van der Waals surface area contributed by atoms with Gasteiger partial charge in [-0.1, -0.05) is 55.5 Å². The van der Waals surface area contributed by atoms with Crippen molar-refractivity contribution in [2.75, 3.05) is 31.2 Å². The fourth-order valence-corrected chi connectivity index (χ4v) is 4.11. The van der Waals surface area contributed by atoms with Gasteiger partial charge in [0.2, 0.25) is 5.91 Å². The maximum absolute atomic E-state index is 13.0. The standard InChI is InChI=1S/C24H32N2O2.C2H2O4/c1-3-23(27)26(22-13-9-6-10-14-22)24(20-28-4-2)15-17-25(18-16-24)19-21-11-7-5-8-12-21;3-1(4)2(5)6/h5-14H,3-4,15-20H2,1-2H3;(H,3,4)(H,5,6). The Bertz CT molecular complexity index is 899. The topological polar surface area (TPSA) is 107 Å². The first-order valence-electron chi connectivity index (χ1n) is 11.5. The lowest BCUT2D eigenvalue weighted by atomic mass is 9.85. The summed E-state index contributed by atoms with van der Waals surface area (Å²) < 4.78 is 5.91. The van der Waals surface area contributed by atoms with Gasteiger partial charge in [-0.2, -0.15) is 0 Å². The molecule has 0 unspecified atom stereocenters. The minimum atomic E-state index is -1.82. The number of aliphatic carboxylic acids is 2. The summed E-state index contributed by atoms with van der Waals surface area (Å²) in [6, 6.07) is 20.7. The number of amides is 1. The Labute approximate surface area is 200 Å². The van der Waals surface area contributed by atoms with Crippen molar-refractivity contribution in [2.45, 2.75) is 45.2 Å². The van der Waals surface area contributed by atoms with Crippen molar-refractivity contribution in [3.05, 3.63) is 66.2 Å². The van der Waals surface area contributed by atoms with Gasteiger partial charge in [0.25, 0.3) is 0 Å². The SMILES string of the molecule is CCOCC1(N(C(=O)CC)c2ccccc2)CCN(Cc2ccccc2)CC1.O=C(O)C(=O)O. The molecule has 0 spiro atoms. The summed E-state index contributed by atoms with van der Waals surface area (Å²) in [5.74, 6) is -3.48. The molecule has 184 valence electrons. The number of carbonyl (C=O) groups excluding carboxylic acids is 1. The van der Waals surface area contributed by atoms with Gasteiger partial charge < -0.3 is 19.8 Å². The van der Waals surface area contributed by atoms with E-state index in [1.54, 1.807) is 0 Å². The van der Waals surface area contributed by atoms with Gasteiger partial charge in [0.05, 0.1) is 12.1 Å². The zero-order chi connectivity index (χ0) is 25.0. The van der Waals surface area contributed by atoms with E-state index in [0.29, 0.717) is 19.6 Å². The third-order valence-corrected chi connectivity index (χ3v) is 5.83. The van der Waals surface area contributed by atoms with Gasteiger partial charge in [0.1, 0.15) is 0 Å². The van der Waals surface area contributed by atoms with Crippen LogP contribution in [0.4, 0.5) is 5.69 Å². The Morgan fingerprint density at radius 1 is 0.912 bits per heavy atom. The predicted octanol–water partition coefficient (Wildman–Crippen LogP) is 3.66. The predicted molar refractivity (Wildman–Crippen MR) is 130 cm³/mol. The highest BCUT2D eigenvalue weighted by atomic mass is 16.5. The van der Waals surface area contributed by atoms with E-state index >= 15 is 0 Å². The highest BCUT2D eigenvalue weighted by molar-refractivity contribution is 6.27. The van der Waals surface area contributed by atoms with Crippen LogP contribution in [0, 0.1) is 0 Å². The van der Waals surface area contributed by atoms with E-state index in [1.807, 2.05) is 49.1 Å². The third kappa shape index (κ3) is 7.67. The first kappa shape index (κ1) is 27.0. The molecular formula is C26H34N2O6. The summed E-state index contributed by atoms with van der Waals surface area (Å²) in [5.41, 5.74) is 2.03. The molecule has 0 bridgehead atoms. The lowest BCUT2D eigenvalue weighted by molar-refractivity contribution is -0.159. The van der Waals surface area contributed by atoms with Crippen LogP contribution >= 0.6 is 0 Å². The molecule has 0 aliphatic carbocycles. The quantitative estimate of drug-likeness (QED) is 0.567. The van der Waals surface area contributed by atoms with Crippen molar-refractivity contribution < 1.29 is 29.3 Å². The number of carbonyl (C=O) groups is 3. The van der Waals surface area contributed by atoms with Crippen LogP contribution in [0.5, 0.6) is 0 Å². The van der Waals surface area contributed by atoms with Crippen molar-refractivity contribution >= 4 is 23.5 Å². The van der Waals surface area contributed by atoms with Crippen LogP contribution < -0.4 is 4.90 Å². The zero-order valence-corrected chi connectivity index (χ0v) is 19.9. The van der Waals surface area contributed by atoms with Crippen molar-refractivity contribution in [1.82, 2.24) is 4.90 Å². The van der Waals surface area contributed by atoms with Crippen LogP contribution in [-0.4, -0.2) is 64.8 Å². The molecule has 2 N–H and O–H groups in total. The highest BCUT2D eigenvalue weighted by Gasteiger charge is 2.43. The number of anilines is 1. The highest BCUT2D eigenvalue weighted by Crippen LogP contribution is 2.35. The lowest BCUT2D eigenvalue weighted by Crippen LogP contribution is -2.60. The molecule has 8 heteroatoms. The summed E-state index contributed by atoms with van der Waals surface area (Å²) in [5, 5.41) is 14.8. The number of likely N-dealkylation sites (tertiary alicyclic amines) is 1. The minimum Gasteiger partial charge on any atom is -0.473 e. The van der Waals surface area contributed by atoms with E-state index in [-0.39, 0.29) is 11.4 Å². The molecule has 8 nitrogen and oxygen atoms in total. The second-order valence-electron chi connectivity index (χ2n) is 8.15. The monoisotopic (exact) mass is 470 g/mol. The van der Waals surface area contributed by atoms with Gasteiger partial charge in [-0.3, -0.25) is 9.69 Å². The number of hydrogen-bond donors (Lipinski definition) is 2. The van der Waals surface area contributed by atoms with Crippen molar-refractivity contribution in [3.8, 4) is 0 Å². The molecule has 0 atom stereocenters. The van der Waals surface area contributed by atoms with Crippen LogP contribution in [0.3, 0.4) is 0 Å². The largest absolute Gasteiger partial charge is 0.473 e. The molecule has 34 heavy (non-hydrogen) atoms. The maximum Gasteiger partial charge on any atom is 0.414 e. The Balaban J connectivity index is 0.000000604. The van der Waals surface area contributed by atoms with Crippen LogP contribution in [0.25, 0.3) is 0 Å². The number of carboxylic acid groups (broad SMARTS) is 2. The van der Waals surface area contributed by atoms with E-state index < -0.39 is 11.9 Å². The summed E-state index contributed by atoms with van der Waals surface area (Å²) in [7, 11) is 0. The fraction of sp³-hybridized carbons (Fsp3) is 0.423. The van der Waals surface area contributed by atoms with Crippen molar-refractivity contribution in [1.29, 1.82) is 0 Å². The van der Waals surface area contributed by atoms with Gasteiger partial charge in [-0.05, 0) is 37.5 Å². The normalized spacial score (nSPS) is 15.0. The van der Waals surface area contributed by atoms with Crippen LogP contribution in [0.2, 0.25) is 0 Å². The average Bonchev–Trinajstić information content (AvgIpc) is 2.86. The molecule has 1 aliphatic heterocycles. The Hall–Kier alpha value is -3.23. The maximum atomic E-state index is 13.0. The lowest BCUT2D eigenvalue weighted by Gasteiger charge is -2.48. The first-order valence-corrected chi connectivity index (χ1v) is 11.5.